The van der Waals surface area contributed by atoms with Gasteiger partial charge in [-0.05, 0) is 36.1 Å². The molecule has 0 aliphatic rings. The number of hydrogen-bond donors (Lipinski definition) is 1. The molecule has 1 N–H and O–H groups in total. The first-order valence-corrected chi connectivity index (χ1v) is 9.26. The first kappa shape index (κ1) is 17.0. The van der Waals surface area contributed by atoms with Gasteiger partial charge in [-0.3, -0.25) is 0 Å². The van der Waals surface area contributed by atoms with Crippen LogP contribution in [0.3, 0.4) is 0 Å². The smallest absolute Gasteiger partial charge is 0.212 e. The number of nitrogens with one attached hydrogen (secondary N) is 1. The lowest BCUT2D eigenvalue weighted by atomic mass is 10.1. The van der Waals surface area contributed by atoms with Gasteiger partial charge in [-0.1, -0.05) is 61.0 Å². The van der Waals surface area contributed by atoms with Gasteiger partial charge in [0, 0.05) is 11.1 Å². The molecule has 0 radical (unpaired) electrons. The lowest BCUT2D eigenvalue weighted by Gasteiger charge is -2.15. The predicted octanol–water partition coefficient (Wildman–Crippen LogP) is 4.08. The van der Waals surface area contributed by atoms with E-state index in [4.69, 9.17) is 11.6 Å². The molecule has 0 heterocycles. The Hall–Kier alpha value is -1.36. The van der Waals surface area contributed by atoms with Gasteiger partial charge >= 0.3 is 0 Å². The molecule has 0 bridgehead atoms. The minimum atomic E-state index is -3.45. The van der Waals surface area contributed by atoms with Crippen LogP contribution in [0.4, 0.5) is 0 Å². The lowest BCUT2D eigenvalue weighted by molar-refractivity contribution is 0.566. The Kier molecular flexibility index (Phi) is 5.62. The van der Waals surface area contributed by atoms with Gasteiger partial charge in [0.05, 0.1) is 5.75 Å². The van der Waals surface area contributed by atoms with Gasteiger partial charge in [-0.15, -0.1) is 0 Å². The molecular formula is C17H20ClNO2S. The Labute approximate surface area is 137 Å². The molecule has 0 aliphatic carbocycles. The van der Waals surface area contributed by atoms with Gasteiger partial charge in [0.2, 0.25) is 10.0 Å². The monoisotopic (exact) mass is 337 g/mol. The number of sulfonamides is 1. The zero-order valence-electron chi connectivity index (χ0n) is 12.7. The zero-order valence-corrected chi connectivity index (χ0v) is 14.3. The van der Waals surface area contributed by atoms with Crippen molar-refractivity contribution in [2.45, 2.75) is 32.1 Å². The van der Waals surface area contributed by atoms with E-state index in [1.165, 1.54) is 5.56 Å². The van der Waals surface area contributed by atoms with Gasteiger partial charge in [0.15, 0.2) is 0 Å². The van der Waals surface area contributed by atoms with Crippen LogP contribution in [0.5, 0.6) is 0 Å². The molecule has 0 amide bonds. The zero-order chi connectivity index (χ0) is 16.2. The second-order valence-corrected chi connectivity index (χ2v) is 7.45. The van der Waals surface area contributed by atoms with Gasteiger partial charge in [0.1, 0.15) is 0 Å². The fourth-order valence-corrected chi connectivity index (χ4v) is 3.94. The minimum absolute atomic E-state index is 0.121. The summed E-state index contributed by atoms with van der Waals surface area (Å²) in [6, 6.07) is 14.7. The highest BCUT2D eigenvalue weighted by atomic mass is 35.5. The van der Waals surface area contributed by atoms with E-state index in [1.807, 2.05) is 31.2 Å². The van der Waals surface area contributed by atoms with Gasteiger partial charge in [0.25, 0.3) is 0 Å². The standard InChI is InChI=1S/C17H20ClNO2S/c1-3-14-8-10-15(11-9-14)13(2)19-22(20,21)12-16-6-4-5-7-17(16)18/h4-11,13,19H,3,12H2,1-2H3/t13-/m0/s1. The van der Waals surface area contributed by atoms with Crippen LogP contribution < -0.4 is 4.72 Å². The Bertz CT molecular complexity index is 727. The van der Waals surface area contributed by atoms with Crippen molar-refractivity contribution in [3.8, 4) is 0 Å². The van der Waals surface area contributed by atoms with Gasteiger partial charge in [-0.2, -0.15) is 0 Å². The van der Waals surface area contributed by atoms with Crippen LogP contribution in [-0.4, -0.2) is 8.42 Å². The summed E-state index contributed by atoms with van der Waals surface area (Å²) in [6.45, 7) is 3.93. The third-order valence-electron chi connectivity index (χ3n) is 3.55. The van der Waals surface area contributed by atoms with E-state index in [-0.39, 0.29) is 11.8 Å². The fraction of sp³-hybridized carbons (Fsp3) is 0.294. The highest BCUT2D eigenvalue weighted by molar-refractivity contribution is 7.88. The van der Waals surface area contributed by atoms with Crippen molar-refractivity contribution in [1.82, 2.24) is 4.72 Å². The molecule has 2 rings (SSSR count). The highest BCUT2D eigenvalue weighted by Crippen LogP contribution is 2.20. The maximum Gasteiger partial charge on any atom is 0.216 e. The van der Waals surface area contributed by atoms with Crippen LogP contribution in [-0.2, 0) is 22.2 Å². The molecule has 0 aliphatic heterocycles. The third kappa shape index (κ3) is 4.57. The maximum atomic E-state index is 12.3. The van der Waals surface area contributed by atoms with Crippen LogP contribution >= 0.6 is 11.6 Å². The first-order chi connectivity index (χ1) is 10.4. The summed E-state index contributed by atoms with van der Waals surface area (Å²) in [4.78, 5) is 0. The van der Waals surface area contributed by atoms with Crippen LogP contribution in [0.2, 0.25) is 5.02 Å². The lowest BCUT2D eigenvalue weighted by Crippen LogP contribution is -2.28. The number of halogens is 1. The SMILES string of the molecule is CCc1ccc([C@H](C)NS(=O)(=O)Cc2ccccc2Cl)cc1. The van der Waals surface area contributed by atoms with E-state index in [9.17, 15) is 8.42 Å². The van der Waals surface area contributed by atoms with Gasteiger partial charge in [-0.25, -0.2) is 13.1 Å². The van der Waals surface area contributed by atoms with Crippen LogP contribution in [0, 0.1) is 0 Å². The van der Waals surface area contributed by atoms with E-state index >= 15 is 0 Å². The number of benzene rings is 2. The molecule has 0 unspecified atom stereocenters. The average molecular weight is 338 g/mol. The van der Waals surface area contributed by atoms with Crippen LogP contribution in [0.15, 0.2) is 48.5 Å². The summed E-state index contributed by atoms with van der Waals surface area (Å²) in [7, 11) is -3.45. The second kappa shape index (κ2) is 7.27. The molecule has 0 spiro atoms. The van der Waals surface area contributed by atoms with E-state index in [0.717, 1.165) is 12.0 Å². The normalized spacial score (nSPS) is 13.0. The predicted molar refractivity (Wildman–Crippen MR) is 91.4 cm³/mol. The van der Waals surface area contributed by atoms with Crippen LogP contribution in [0.1, 0.15) is 36.6 Å². The summed E-state index contributed by atoms with van der Waals surface area (Å²) in [6.07, 6.45) is 0.965. The average Bonchev–Trinajstić information content (AvgIpc) is 2.49. The van der Waals surface area contributed by atoms with Crippen LogP contribution in [0.25, 0.3) is 0 Å². The Balaban J connectivity index is 2.09. The Morgan fingerprint density at radius 1 is 1.09 bits per heavy atom. The van der Waals surface area contributed by atoms with Crippen molar-refractivity contribution < 1.29 is 8.42 Å². The molecule has 5 heteroatoms. The molecule has 2 aromatic rings. The summed E-state index contributed by atoms with van der Waals surface area (Å²) < 4.78 is 27.3. The molecule has 0 saturated heterocycles. The third-order valence-corrected chi connectivity index (χ3v) is 5.32. The molecule has 0 fully saturated rings. The van der Waals surface area contributed by atoms with Crippen molar-refractivity contribution in [2.24, 2.45) is 0 Å². The van der Waals surface area contributed by atoms with Crippen molar-refractivity contribution >= 4 is 21.6 Å². The molecular weight excluding hydrogens is 318 g/mol. The minimum Gasteiger partial charge on any atom is -0.212 e. The summed E-state index contributed by atoms with van der Waals surface area (Å²) in [5.74, 6) is -0.121. The molecule has 118 valence electrons. The van der Waals surface area contributed by atoms with E-state index in [2.05, 4.69) is 11.6 Å². The molecule has 3 nitrogen and oxygen atoms in total. The molecule has 0 saturated carbocycles. The highest BCUT2D eigenvalue weighted by Gasteiger charge is 2.17. The summed E-state index contributed by atoms with van der Waals surface area (Å²) in [5.41, 5.74) is 2.78. The topological polar surface area (TPSA) is 46.2 Å². The largest absolute Gasteiger partial charge is 0.216 e. The number of rotatable bonds is 6. The summed E-state index contributed by atoms with van der Waals surface area (Å²) >= 11 is 6.03. The van der Waals surface area contributed by atoms with E-state index < -0.39 is 10.0 Å². The number of aryl methyl sites for hydroxylation is 1. The Morgan fingerprint density at radius 2 is 1.73 bits per heavy atom. The number of hydrogen-bond acceptors (Lipinski definition) is 2. The van der Waals surface area contributed by atoms with E-state index in [1.54, 1.807) is 24.3 Å². The molecule has 0 aromatic heterocycles. The van der Waals surface area contributed by atoms with Crippen molar-refractivity contribution in [3.63, 3.8) is 0 Å². The summed E-state index contributed by atoms with van der Waals surface area (Å²) in [5, 5.41) is 0.466. The molecule has 2 aromatic carbocycles. The Morgan fingerprint density at radius 3 is 2.32 bits per heavy atom. The van der Waals surface area contributed by atoms with Crippen molar-refractivity contribution in [3.05, 3.63) is 70.2 Å². The van der Waals surface area contributed by atoms with Gasteiger partial charge < -0.3 is 0 Å². The maximum absolute atomic E-state index is 12.3. The van der Waals surface area contributed by atoms with Crippen molar-refractivity contribution in [2.75, 3.05) is 0 Å². The fourth-order valence-electron chi connectivity index (χ4n) is 2.24. The quantitative estimate of drug-likeness (QED) is 0.863. The molecule has 22 heavy (non-hydrogen) atoms. The van der Waals surface area contributed by atoms with Crippen molar-refractivity contribution in [1.29, 1.82) is 0 Å². The van der Waals surface area contributed by atoms with E-state index in [0.29, 0.717) is 10.6 Å². The first-order valence-electron chi connectivity index (χ1n) is 7.23. The molecule has 1 atom stereocenters. The second-order valence-electron chi connectivity index (χ2n) is 5.29.